The fourth-order valence-electron chi connectivity index (χ4n) is 3.11. The summed E-state index contributed by atoms with van der Waals surface area (Å²) in [4.78, 5) is 0. The summed E-state index contributed by atoms with van der Waals surface area (Å²) < 4.78 is 28.5. The van der Waals surface area contributed by atoms with Crippen LogP contribution in [0.5, 0.6) is 5.75 Å². The summed E-state index contributed by atoms with van der Waals surface area (Å²) in [6.45, 7) is -0.497. The summed E-state index contributed by atoms with van der Waals surface area (Å²) in [7, 11) is 0. The monoisotopic (exact) mass is 268 g/mol. The molecule has 0 aromatic heterocycles. The minimum absolute atomic E-state index is 0.249. The molecule has 1 saturated carbocycles. The van der Waals surface area contributed by atoms with Gasteiger partial charge in [-0.1, -0.05) is 31.9 Å². The van der Waals surface area contributed by atoms with Crippen LogP contribution in [0.2, 0.25) is 0 Å². The molecule has 1 aromatic carbocycles. The molecule has 1 fully saturated rings. The number of halogens is 2. The Balaban J connectivity index is 1.89. The van der Waals surface area contributed by atoms with Gasteiger partial charge in [0.1, 0.15) is 5.75 Å². The van der Waals surface area contributed by atoms with E-state index >= 15 is 0 Å². The van der Waals surface area contributed by atoms with Crippen molar-refractivity contribution in [1.29, 1.82) is 0 Å². The van der Waals surface area contributed by atoms with Crippen LogP contribution in [0.15, 0.2) is 24.3 Å². The van der Waals surface area contributed by atoms with Crippen LogP contribution in [0.25, 0.3) is 0 Å². The Hall–Kier alpha value is -1.12. The average Bonchev–Trinajstić information content (AvgIpc) is 2.40. The van der Waals surface area contributed by atoms with Gasteiger partial charge in [0.15, 0.2) is 0 Å². The van der Waals surface area contributed by atoms with E-state index in [-0.39, 0.29) is 5.75 Å². The molecule has 0 heterocycles. The Bertz CT molecular complexity index is 367. The Morgan fingerprint density at radius 2 is 1.74 bits per heavy atom. The summed E-state index contributed by atoms with van der Waals surface area (Å²) in [5.41, 5.74) is 1.26. The standard InChI is InChI=1S/C16H22F2O/c1-2-3-12-4-6-13(7-5-12)14-8-10-15(11-9-14)19-16(17)18/h8-13,16H,2-7H2,1H3. The Morgan fingerprint density at radius 1 is 1.11 bits per heavy atom. The fourth-order valence-corrected chi connectivity index (χ4v) is 3.11. The summed E-state index contributed by atoms with van der Waals surface area (Å²) >= 11 is 0. The highest BCUT2D eigenvalue weighted by Crippen LogP contribution is 2.37. The topological polar surface area (TPSA) is 9.23 Å². The molecule has 1 aliphatic carbocycles. The molecule has 19 heavy (non-hydrogen) atoms. The van der Waals surface area contributed by atoms with E-state index in [4.69, 9.17) is 0 Å². The van der Waals surface area contributed by atoms with Crippen molar-refractivity contribution in [1.82, 2.24) is 0 Å². The molecule has 106 valence electrons. The van der Waals surface area contributed by atoms with E-state index in [2.05, 4.69) is 11.7 Å². The lowest BCUT2D eigenvalue weighted by molar-refractivity contribution is -0.0498. The molecule has 0 aliphatic heterocycles. The van der Waals surface area contributed by atoms with Crippen LogP contribution in [0, 0.1) is 5.92 Å². The highest BCUT2D eigenvalue weighted by Gasteiger charge is 2.21. The van der Waals surface area contributed by atoms with Crippen molar-refractivity contribution in [2.45, 2.75) is 58.0 Å². The minimum atomic E-state index is -2.74. The van der Waals surface area contributed by atoms with Crippen molar-refractivity contribution in [2.24, 2.45) is 5.92 Å². The van der Waals surface area contributed by atoms with E-state index in [1.165, 1.54) is 44.1 Å². The van der Waals surface area contributed by atoms with E-state index in [0.717, 1.165) is 5.92 Å². The quantitative estimate of drug-likeness (QED) is 0.698. The first-order chi connectivity index (χ1) is 9.19. The summed E-state index contributed by atoms with van der Waals surface area (Å²) in [6, 6.07) is 7.17. The van der Waals surface area contributed by atoms with Crippen LogP contribution in [-0.4, -0.2) is 6.61 Å². The van der Waals surface area contributed by atoms with Crippen LogP contribution in [0.4, 0.5) is 8.78 Å². The lowest BCUT2D eigenvalue weighted by Gasteiger charge is -2.28. The van der Waals surface area contributed by atoms with Gasteiger partial charge >= 0.3 is 6.61 Å². The molecule has 0 spiro atoms. The van der Waals surface area contributed by atoms with E-state index in [0.29, 0.717) is 5.92 Å². The number of ether oxygens (including phenoxy) is 1. The molecule has 0 atom stereocenters. The molecular weight excluding hydrogens is 246 g/mol. The second-order valence-electron chi connectivity index (χ2n) is 5.45. The van der Waals surface area contributed by atoms with Crippen molar-refractivity contribution in [2.75, 3.05) is 0 Å². The second kappa shape index (κ2) is 6.88. The molecular formula is C16H22F2O. The number of rotatable bonds is 5. The molecule has 0 N–H and O–H groups in total. The zero-order valence-electron chi connectivity index (χ0n) is 11.4. The van der Waals surface area contributed by atoms with E-state index < -0.39 is 6.61 Å². The predicted molar refractivity (Wildman–Crippen MR) is 72.7 cm³/mol. The summed E-state index contributed by atoms with van der Waals surface area (Å²) in [5.74, 6) is 1.73. The Labute approximate surface area is 114 Å². The number of hydrogen-bond donors (Lipinski definition) is 0. The molecule has 2 rings (SSSR count). The van der Waals surface area contributed by atoms with Gasteiger partial charge in [-0.2, -0.15) is 8.78 Å². The number of hydrogen-bond acceptors (Lipinski definition) is 1. The molecule has 1 aliphatic rings. The van der Waals surface area contributed by atoms with Crippen molar-refractivity contribution in [3.05, 3.63) is 29.8 Å². The molecule has 0 amide bonds. The first kappa shape index (κ1) is 14.3. The van der Waals surface area contributed by atoms with Gasteiger partial charge in [0.2, 0.25) is 0 Å². The molecule has 0 saturated heterocycles. The van der Waals surface area contributed by atoms with Crippen LogP contribution in [-0.2, 0) is 0 Å². The minimum Gasteiger partial charge on any atom is -0.435 e. The van der Waals surface area contributed by atoms with Crippen LogP contribution in [0.1, 0.15) is 56.9 Å². The van der Waals surface area contributed by atoms with Crippen molar-refractivity contribution in [3.8, 4) is 5.75 Å². The third-order valence-electron chi connectivity index (χ3n) is 4.12. The molecule has 3 heteroatoms. The third kappa shape index (κ3) is 4.19. The van der Waals surface area contributed by atoms with Gasteiger partial charge in [0.05, 0.1) is 0 Å². The Morgan fingerprint density at radius 3 is 2.26 bits per heavy atom. The van der Waals surface area contributed by atoms with Crippen molar-refractivity contribution >= 4 is 0 Å². The average molecular weight is 268 g/mol. The lowest BCUT2D eigenvalue weighted by Crippen LogP contribution is -2.13. The van der Waals surface area contributed by atoms with Crippen LogP contribution < -0.4 is 4.74 Å². The summed E-state index contributed by atoms with van der Waals surface area (Å²) in [5, 5.41) is 0. The maximum Gasteiger partial charge on any atom is 0.387 e. The maximum atomic E-state index is 12.1. The second-order valence-corrected chi connectivity index (χ2v) is 5.45. The highest BCUT2D eigenvalue weighted by atomic mass is 19.3. The molecule has 1 nitrogen and oxygen atoms in total. The Kier molecular flexibility index (Phi) is 5.17. The predicted octanol–water partition coefficient (Wildman–Crippen LogP) is 5.36. The molecule has 0 unspecified atom stereocenters. The molecule has 0 radical (unpaired) electrons. The SMILES string of the molecule is CCCC1CCC(c2ccc(OC(F)F)cc2)CC1. The highest BCUT2D eigenvalue weighted by molar-refractivity contribution is 5.29. The van der Waals surface area contributed by atoms with Crippen molar-refractivity contribution < 1.29 is 13.5 Å². The maximum absolute atomic E-state index is 12.1. The zero-order valence-corrected chi connectivity index (χ0v) is 11.4. The van der Waals surface area contributed by atoms with Gasteiger partial charge < -0.3 is 4.74 Å². The van der Waals surface area contributed by atoms with Gasteiger partial charge in [0.25, 0.3) is 0 Å². The largest absolute Gasteiger partial charge is 0.435 e. The first-order valence-electron chi connectivity index (χ1n) is 7.23. The van der Waals surface area contributed by atoms with Gasteiger partial charge in [-0.05, 0) is 55.2 Å². The van der Waals surface area contributed by atoms with Crippen LogP contribution in [0.3, 0.4) is 0 Å². The van der Waals surface area contributed by atoms with Gasteiger partial charge in [0, 0.05) is 0 Å². The zero-order chi connectivity index (χ0) is 13.7. The van der Waals surface area contributed by atoms with Crippen LogP contribution >= 0.6 is 0 Å². The number of alkyl halides is 2. The smallest absolute Gasteiger partial charge is 0.387 e. The van der Waals surface area contributed by atoms with E-state index in [1.807, 2.05) is 12.1 Å². The normalized spacial score (nSPS) is 23.6. The summed E-state index contributed by atoms with van der Waals surface area (Å²) in [6.07, 6.45) is 7.66. The molecule has 0 bridgehead atoms. The lowest BCUT2D eigenvalue weighted by atomic mass is 9.77. The fraction of sp³-hybridized carbons (Fsp3) is 0.625. The molecule has 1 aromatic rings. The van der Waals surface area contributed by atoms with Gasteiger partial charge in [-0.15, -0.1) is 0 Å². The third-order valence-corrected chi connectivity index (χ3v) is 4.12. The van der Waals surface area contributed by atoms with Gasteiger partial charge in [-0.25, -0.2) is 0 Å². The van der Waals surface area contributed by atoms with Crippen molar-refractivity contribution in [3.63, 3.8) is 0 Å². The number of benzene rings is 1. The van der Waals surface area contributed by atoms with E-state index in [9.17, 15) is 8.78 Å². The first-order valence-corrected chi connectivity index (χ1v) is 7.23. The van der Waals surface area contributed by atoms with E-state index in [1.54, 1.807) is 12.1 Å². The van der Waals surface area contributed by atoms with Gasteiger partial charge in [-0.3, -0.25) is 0 Å².